The zero-order valence-electron chi connectivity index (χ0n) is 21.4. The predicted molar refractivity (Wildman–Crippen MR) is 138 cm³/mol. The number of nitrogens with one attached hydrogen (secondary N) is 1. The van der Waals surface area contributed by atoms with E-state index in [9.17, 15) is 26.4 Å². The van der Waals surface area contributed by atoms with Crippen molar-refractivity contribution in [1.82, 2.24) is 5.32 Å². The van der Waals surface area contributed by atoms with Gasteiger partial charge >= 0.3 is 6.18 Å². The van der Waals surface area contributed by atoms with Crippen molar-refractivity contribution in [3.63, 3.8) is 0 Å². The van der Waals surface area contributed by atoms with E-state index in [2.05, 4.69) is 5.32 Å². The maximum absolute atomic E-state index is 13.6. The zero-order chi connectivity index (χ0) is 28.1. The summed E-state index contributed by atoms with van der Waals surface area (Å²) in [5.74, 6) is 0.252. The Balaban J connectivity index is 1.97. The summed E-state index contributed by atoms with van der Waals surface area (Å²) < 4.78 is 78.6. The number of anilines is 1. The fraction of sp³-hybridized carbons (Fsp3) is 0.296. The Morgan fingerprint density at radius 3 is 2.21 bits per heavy atom. The summed E-state index contributed by atoms with van der Waals surface area (Å²) in [6.07, 6.45) is -4.24. The molecular weight excluding hydrogens is 521 g/mol. The Hall–Kier alpha value is -3.73. The van der Waals surface area contributed by atoms with Gasteiger partial charge < -0.3 is 14.8 Å². The predicted octanol–water partition coefficient (Wildman–Crippen LogP) is 5.49. The third-order valence-corrected chi connectivity index (χ3v) is 7.70. The number of aryl methyl sites for hydroxylation is 1. The van der Waals surface area contributed by atoms with Gasteiger partial charge in [-0.05, 0) is 61.4 Å². The molecule has 3 rings (SSSR count). The summed E-state index contributed by atoms with van der Waals surface area (Å²) in [7, 11) is -1.42. The summed E-state index contributed by atoms with van der Waals surface area (Å²) in [5.41, 5.74) is 0.171. The molecule has 7 nitrogen and oxygen atoms in total. The molecule has 0 spiro atoms. The number of methoxy groups -OCH3 is 2. The van der Waals surface area contributed by atoms with Crippen LogP contribution >= 0.6 is 0 Å². The number of carbonyl (C=O) groups is 1. The molecule has 1 N–H and O–H groups in total. The van der Waals surface area contributed by atoms with Crippen LogP contribution in [0.1, 0.15) is 36.1 Å². The minimum atomic E-state index is -4.70. The van der Waals surface area contributed by atoms with E-state index in [4.69, 9.17) is 9.47 Å². The van der Waals surface area contributed by atoms with Gasteiger partial charge in [0.25, 0.3) is 10.0 Å². The van der Waals surface area contributed by atoms with E-state index in [1.807, 2.05) is 6.92 Å². The van der Waals surface area contributed by atoms with Crippen LogP contribution in [0.15, 0.2) is 71.6 Å². The molecule has 0 heterocycles. The first kappa shape index (κ1) is 28.8. The fourth-order valence-corrected chi connectivity index (χ4v) is 5.26. The third kappa shape index (κ3) is 6.58. The average molecular weight is 551 g/mol. The van der Waals surface area contributed by atoms with Crippen LogP contribution in [0.4, 0.5) is 18.9 Å². The molecule has 204 valence electrons. The number of hydrogen-bond acceptors (Lipinski definition) is 5. The van der Waals surface area contributed by atoms with E-state index in [0.29, 0.717) is 33.9 Å². The van der Waals surface area contributed by atoms with Gasteiger partial charge in [-0.25, -0.2) is 8.42 Å². The normalized spacial score (nSPS) is 12.5. The number of benzene rings is 3. The van der Waals surface area contributed by atoms with Gasteiger partial charge in [0.15, 0.2) is 11.5 Å². The van der Waals surface area contributed by atoms with E-state index in [-0.39, 0.29) is 10.6 Å². The van der Waals surface area contributed by atoms with Crippen molar-refractivity contribution in [1.29, 1.82) is 0 Å². The van der Waals surface area contributed by atoms with E-state index >= 15 is 0 Å². The number of carbonyl (C=O) groups excluding carboxylic acids is 1. The highest BCUT2D eigenvalue weighted by Crippen LogP contribution is 2.34. The Bertz CT molecular complexity index is 1380. The molecule has 3 aromatic carbocycles. The average Bonchev–Trinajstić information content (AvgIpc) is 2.89. The quantitative estimate of drug-likeness (QED) is 0.361. The summed E-state index contributed by atoms with van der Waals surface area (Å²) in [6, 6.07) is 14.3. The van der Waals surface area contributed by atoms with Crippen LogP contribution in [0, 0.1) is 6.92 Å². The minimum Gasteiger partial charge on any atom is -0.493 e. The molecule has 0 aromatic heterocycles. The van der Waals surface area contributed by atoms with Crippen LogP contribution in [0.3, 0.4) is 0 Å². The van der Waals surface area contributed by atoms with Gasteiger partial charge in [0.2, 0.25) is 5.91 Å². The molecule has 0 aliphatic rings. The number of ether oxygens (including phenoxy) is 2. The molecule has 1 unspecified atom stereocenters. The first-order valence-electron chi connectivity index (χ1n) is 11.7. The fourth-order valence-electron chi connectivity index (χ4n) is 3.85. The molecule has 0 bridgehead atoms. The van der Waals surface area contributed by atoms with Crippen molar-refractivity contribution < 1.29 is 35.9 Å². The van der Waals surface area contributed by atoms with Crippen LogP contribution in [0.2, 0.25) is 0 Å². The van der Waals surface area contributed by atoms with E-state index in [1.54, 1.807) is 37.3 Å². The van der Waals surface area contributed by atoms with Crippen molar-refractivity contribution in [2.24, 2.45) is 0 Å². The lowest BCUT2D eigenvalue weighted by Crippen LogP contribution is -2.42. The van der Waals surface area contributed by atoms with Crippen LogP contribution in [0.25, 0.3) is 0 Å². The standard InChI is InChI=1S/C27H29F3N2O5S/c1-5-23(19-11-14-24(36-3)25(15-19)37-4)31-26(33)17-32(21-8-6-7-20(16-21)27(28,29)30)38(34,35)22-12-9-18(2)10-13-22/h6-16,23H,5,17H2,1-4H3,(H,31,33). The van der Waals surface area contributed by atoms with Gasteiger partial charge in [-0.1, -0.05) is 36.8 Å². The summed E-state index contributed by atoms with van der Waals surface area (Å²) in [6.45, 7) is 2.87. The van der Waals surface area contributed by atoms with Crippen LogP contribution in [-0.2, 0) is 21.0 Å². The van der Waals surface area contributed by atoms with Gasteiger partial charge in [0.05, 0.1) is 36.4 Å². The molecule has 3 aromatic rings. The Morgan fingerprint density at radius 2 is 1.63 bits per heavy atom. The summed E-state index contributed by atoms with van der Waals surface area (Å²) in [5, 5.41) is 2.79. The van der Waals surface area contributed by atoms with Gasteiger partial charge in [-0.3, -0.25) is 9.10 Å². The second-order valence-electron chi connectivity index (χ2n) is 8.52. The molecule has 0 fully saturated rings. The van der Waals surface area contributed by atoms with Crippen LogP contribution < -0.4 is 19.1 Å². The summed E-state index contributed by atoms with van der Waals surface area (Å²) in [4.78, 5) is 13.0. The number of rotatable bonds is 10. The number of amides is 1. The van der Waals surface area contributed by atoms with Crippen molar-refractivity contribution in [2.45, 2.75) is 37.4 Å². The van der Waals surface area contributed by atoms with Crippen molar-refractivity contribution in [3.8, 4) is 11.5 Å². The second kappa shape index (κ2) is 11.8. The molecule has 0 aliphatic heterocycles. The van der Waals surface area contributed by atoms with Gasteiger partial charge in [-0.15, -0.1) is 0 Å². The van der Waals surface area contributed by atoms with Gasteiger partial charge in [-0.2, -0.15) is 13.2 Å². The molecule has 38 heavy (non-hydrogen) atoms. The molecule has 1 atom stereocenters. The Morgan fingerprint density at radius 1 is 0.974 bits per heavy atom. The number of sulfonamides is 1. The Labute approximate surface area is 220 Å². The Kier molecular flexibility index (Phi) is 8.93. The highest BCUT2D eigenvalue weighted by molar-refractivity contribution is 7.92. The molecule has 0 aliphatic carbocycles. The monoisotopic (exact) mass is 550 g/mol. The maximum atomic E-state index is 13.6. The first-order chi connectivity index (χ1) is 17.9. The number of hydrogen-bond donors (Lipinski definition) is 1. The smallest absolute Gasteiger partial charge is 0.416 e. The molecule has 0 saturated heterocycles. The van der Waals surface area contributed by atoms with Crippen molar-refractivity contribution in [3.05, 3.63) is 83.4 Å². The van der Waals surface area contributed by atoms with Gasteiger partial charge in [0.1, 0.15) is 6.54 Å². The van der Waals surface area contributed by atoms with E-state index in [1.165, 1.54) is 32.4 Å². The van der Waals surface area contributed by atoms with Crippen molar-refractivity contribution in [2.75, 3.05) is 25.1 Å². The molecule has 0 saturated carbocycles. The van der Waals surface area contributed by atoms with Crippen LogP contribution in [0.5, 0.6) is 11.5 Å². The number of halogens is 3. The molecule has 11 heteroatoms. The molecule has 1 amide bonds. The third-order valence-electron chi connectivity index (χ3n) is 5.91. The van der Waals surface area contributed by atoms with Gasteiger partial charge in [0, 0.05) is 0 Å². The summed E-state index contributed by atoms with van der Waals surface area (Å²) >= 11 is 0. The van der Waals surface area contributed by atoms with Crippen molar-refractivity contribution >= 4 is 21.6 Å². The second-order valence-corrected chi connectivity index (χ2v) is 10.4. The minimum absolute atomic E-state index is 0.153. The zero-order valence-corrected chi connectivity index (χ0v) is 22.2. The van der Waals surface area contributed by atoms with E-state index < -0.39 is 40.3 Å². The SMILES string of the molecule is CCC(NC(=O)CN(c1cccc(C(F)(F)F)c1)S(=O)(=O)c1ccc(C)cc1)c1ccc(OC)c(OC)c1. The van der Waals surface area contributed by atoms with E-state index in [0.717, 1.165) is 17.7 Å². The number of alkyl halides is 3. The molecule has 0 radical (unpaired) electrons. The topological polar surface area (TPSA) is 84.9 Å². The maximum Gasteiger partial charge on any atom is 0.416 e. The highest BCUT2D eigenvalue weighted by Gasteiger charge is 2.33. The largest absolute Gasteiger partial charge is 0.493 e. The molecular formula is C27H29F3N2O5S. The van der Waals surface area contributed by atoms with Crippen LogP contribution in [-0.4, -0.2) is 35.1 Å². The lowest BCUT2D eigenvalue weighted by molar-refractivity contribution is -0.137. The highest BCUT2D eigenvalue weighted by atomic mass is 32.2. The first-order valence-corrected chi connectivity index (χ1v) is 13.1. The lowest BCUT2D eigenvalue weighted by atomic mass is 10.0. The number of nitrogens with zero attached hydrogens (tertiary/aromatic N) is 1. The lowest BCUT2D eigenvalue weighted by Gasteiger charge is -2.26.